The number of nitrogens with two attached hydrogens (primary N) is 1. The number of likely N-dealkylation sites (N-methyl/N-ethyl adjacent to an activating group) is 1. The molecule has 1 atom stereocenters. The second-order valence-electron chi connectivity index (χ2n) is 4.91. The highest BCUT2D eigenvalue weighted by Crippen LogP contribution is 2.10. The summed E-state index contributed by atoms with van der Waals surface area (Å²) < 4.78 is 0. The molecule has 1 unspecified atom stereocenters. The van der Waals surface area contributed by atoms with Gasteiger partial charge < -0.3 is 10.6 Å². The van der Waals surface area contributed by atoms with E-state index in [1.165, 1.54) is 16.7 Å². The Kier molecular flexibility index (Phi) is 4.97. The molecule has 1 aromatic carbocycles. The number of hydrogen-bond donors (Lipinski definition) is 1. The normalized spacial score (nSPS) is 13.1. The molecule has 0 radical (unpaired) electrons. The molecule has 0 amide bonds. The summed E-state index contributed by atoms with van der Waals surface area (Å²) in [4.78, 5) is 2.29. The minimum Gasteiger partial charge on any atom is -0.327 e. The monoisotopic (exact) mass is 220 g/mol. The first-order chi connectivity index (χ1) is 7.49. The smallest absolute Gasteiger partial charge is 0.0139 e. The summed E-state index contributed by atoms with van der Waals surface area (Å²) >= 11 is 0. The van der Waals surface area contributed by atoms with E-state index in [2.05, 4.69) is 44.0 Å². The van der Waals surface area contributed by atoms with Crippen molar-refractivity contribution in [2.24, 2.45) is 5.73 Å². The average molecular weight is 220 g/mol. The molecular formula is C14H24N2. The molecule has 0 saturated carbocycles. The zero-order chi connectivity index (χ0) is 12.1. The Hall–Kier alpha value is -0.860. The lowest BCUT2D eigenvalue weighted by atomic mass is 10.0. The van der Waals surface area contributed by atoms with Crippen LogP contribution in [0.25, 0.3) is 0 Å². The summed E-state index contributed by atoms with van der Waals surface area (Å²) in [6.07, 6.45) is 1.10. The Labute approximate surface area is 99.5 Å². The van der Waals surface area contributed by atoms with Gasteiger partial charge in [-0.05, 0) is 50.9 Å². The van der Waals surface area contributed by atoms with E-state index in [4.69, 9.17) is 5.73 Å². The molecule has 2 N–H and O–H groups in total. The molecule has 1 aromatic rings. The third kappa shape index (κ3) is 4.33. The van der Waals surface area contributed by atoms with Crippen molar-refractivity contribution in [1.82, 2.24) is 4.90 Å². The maximum atomic E-state index is 5.76. The maximum absolute atomic E-state index is 5.76. The van der Waals surface area contributed by atoms with E-state index < -0.39 is 0 Å². The highest BCUT2D eigenvalue weighted by Gasteiger charge is 2.02. The van der Waals surface area contributed by atoms with Crippen LogP contribution in [-0.4, -0.2) is 31.1 Å². The Morgan fingerprint density at radius 1 is 1.25 bits per heavy atom. The highest BCUT2D eigenvalue weighted by molar-refractivity contribution is 5.30. The second-order valence-corrected chi connectivity index (χ2v) is 4.91. The number of aryl methyl sites for hydroxylation is 2. The van der Waals surface area contributed by atoms with E-state index in [9.17, 15) is 0 Å². The Morgan fingerprint density at radius 2 is 1.94 bits per heavy atom. The van der Waals surface area contributed by atoms with Gasteiger partial charge in [0.05, 0.1) is 0 Å². The predicted molar refractivity (Wildman–Crippen MR) is 70.8 cm³/mol. The third-order valence-corrected chi connectivity index (χ3v) is 2.95. The van der Waals surface area contributed by atoms with Crippen molar-refractivity contribution in [2.45, 2.75) is 33.2 Å². The zero-order valence-electron chi connectivity index (χ0n) is 11.0. The predicted octanol–water partition coefficient (Wildman–Crippen LogP) is 2.12. The zero-order valence-corrected chi connectivity index (χ0v) is 11.0. The van der Waals surface area contributed by atoms with Gasteiger partial charge in [0, 0.05) is 19.1 Å². The van der Waals surface area contributed by atoms with Crippen LogP contribution < -0.4 is 5.73 Å². The van der Waals surface area contributed by atoms with Gasteiger partial charge in [-0.3, -0.25) is 0 Å². The highest BCUT2D eigenvalue weighted by atomic mass is 15.1. The van der Waals surface area contributed by atoms with Gasteiger partial charge in [-0.15, -0.1) is 0 Å². The molecule has 2 nitrogen and oxygen atoms in total. The molecule has 0 bridgehead atoms. The van der Waals surface area contributed by atoms with Crippen molar-refractivity contribution in [3.05, 3.63) is 34.9 Å². The van der Waals surface area contributed by atoms with E-state index in [1.807, 2.05) is 6.92 Å². The van der Waals surface area contributed by atoms with E-state index in [-0.39, 0.29) is 6.04 Å². The van der Waals surface area contributed by atoms with Crippen LogP contribution >= 0.6 is 0 Å². The summed E-state index contributed by atoms with van der Waals surface area (Å²) in [6, 6.07) is 6.97. The lowest BCUT2D eigenvalue weighted by molar-refractivity contribution is 0.321. The fraction of sp³-hybridized carbons (Fsp3) is 0.571. The van der Waals surface area contributed by atoms with Gasteiger partial charge in [0.2, 0.25) is 0 Å². The van der Waals surface area contributed by atoms with Crippen molar-refractivity contribution in [3.8, 4) is 0 Å². The number of hydrogen-bond acceptors (Lipinski definition) is 2. The molecule has 90 valence electrons. The molecule has 0 spiro atoms. The number of rotatable bonds is 5. The van der Waals surface area contributed by atoms with Crippen LogP contribution in [-0.2, 0) is 6.42 Å². The Balaban J connectivity index is 2.45. The van der Waals surface area contributed by atoms with Crippen LogP contribution in [0.3, 0.4) is 0 Å². The SMILES string of the molecule is Cc1ccc(CCN(C)CC(C)N)cc1C. The van der Waals surface area contributed by atoms with Crippen LogP contribution in [0.4, 0.5) is 0 Å². The van der Waals surface area contributed by atoms with E-state index in [0.717, 1.165) is 19.5 Å². The van der Waals surface area contributed by atoms with Gasteiger partial charge in [0.25, 0.3) is 0 Å². The summed E-state index contributed by atoms with van der Waals surface area (Å²) in [7, 11) is 2.13. The standard InChI is InChI=1S/C14H24N2/c1-11-5-6-14(9-12(11)2)7-8-16(4)10-13(3)15/h5-6,9,13H,7-8,10,15H2,1-4H3. The minimum absolute atomic E-state index is 0.254. The van der Waals surface area contributed by atoms with Gasteiger partial charge in [-0.1, -0.05) is 18.2 Å². The third-order valence-electron chi connectivity index (χ3n) is 2.95. The Bertz CT molecular complexity index is 332. The lowest BCUT2D eigenvalue weighted by Crippen LogP contribution is -2.34. The molecule has 0 aliphatic rings. The van der Waals surface area contributed by atoms with Crippen LogP contribution in [0.5, 0.6) is 0 Å². The van der Waals surface area contributed by atoms with Crippen molar-refractivity contribution < 1.29 is 0 Å². The average Bonchev–Trinajstić information content (AvgIpc) is 2.19. The molecule has 0 aliphatic heterocycles. The van der Waals surface area contributed by atoms with Crippen molar-refractivity contribution in [3.63, 3.8) is 0 Å². The first kappa shape index (κ1) is 13.2. The summed E-state index contributed by atoms with van der Waals surface area (Å²) in [6.45, 7) is 8.41. The molecule has 0 aromatic heterocycles. The molecule has 1 rings (SSSR count). The number of nitrogens with zero attached hydrogens (tertiary/aromatic N) is 1. The maximum Gasteiger partial charge on any atom is 0.0139 e. The van der Waals surface area contributed by atoms with Crippen LogP contribution in [0.1, 0.15) is 23.6 Å². The topological polar surface area (TPSA) is 29.3 Å². The van der Waals surface area contributed by atoms with Crippen molar-refractivity contribution >= 4 is 0 Å². The molecule has 0 heterocycles. The molecular weight excluding hydrogens is 196 g/mol. The van der Waals surface area contributed by atoms with Gasteiger partial charge in [0.1, 0.15) is 0 Å². The minimum atomic E-state index is 0.254. The van der Waals surface area contributed by atoms with E-state index in [0.29, 0.717) is 0 Å². The molecule has 16 heavy (non-hydrogen) atoms. The molecule has 0 saturated heterocycles. The van der Waals surface area contributed by atoms with Crippen LogP contribution in [0.2, 0.25) is 0 Å². The van der Waals surface area contributed by atoms with Crippen LogP contribution in [0.15, 0.2) is 18.2 Å². The Morgan fingerprint density at radius 3 is 2.50 bits per heavy atom. The van der Waals surface area contributed by atoms with Gasteiger partial charge in [-0.2, -0.15) is 0 Å². The molecule has 0 aliphatic carbocycles. The fourth-order valence-corrected chi connectivity index (χ4v) is 1.86. The lowest BCUT2D eigenvalue weighted by Gasteiger charge is -2.18. The number of benzene rings is 1. The van der Waals surface area contributed by atoms with E-state index >= 15 is 0 Å². The quantitative estimate of drug-likeness (QED) is 0.823. The van der Waals surface area contributed by atoms with Crippen molar-refractivity contribution in [2.75, 3.05) is 20.1 Å². The molecule has 2 heteroatoms. The van der Waals surface area contributed by atoms with Gasteiger partial charge >= 0.3 is 0 Å². The first-order valence-electron chi connectivity index (χ1n) is 5.99. The van der Waals surface area contributed by atoms with Crippen molar-refractivity contribution in [1.29, 1.82) is 0 Å². The van der Waals surface area contributed by atoms with Crippen LogP contribution in [0, 0.1) is 13.8 Å². The largest absolute Gasteiger partial charge is 0.327 e. The van der Waals surface area contributed by atoms with Gasteiger partial charge in [0.15, 0.2) is 0 Å². The summed E-state index contributed by atoms with van der Waals surface area (Å²) in [5, 5.41) is 0. The second kappa shape index (κ2) is 6.02. The fourth-order valence-electron chi connectivity index (χ4n) is 1.86. The molecule has 0 fully saturated rings. The summed E-state index contributed by atoms with van der Waals surface area (Å²) in [5.41, 5.74) is 9.93. The first-order valence-corrected chi connectivity index (χ1v) is 5.99. The summed E-state index contributed by atoms with van der Waals surface area (Å²) in [5.74, 6) is 0. The van der Waals surface area contributed by atoms with Gasteiger partial charge in [-0.25, -0.2) is 0 Å². The van der Waals surface area contributed by atoms with E-state index in [1.54, 1.807) is 0 Å².